The van der Waals surface area contributed by atoms with Crippen LogP contribution in [-0.4, -0.2) is 52.5 Å². The molecule has 138 valence electrons. The molecule has 0 aliphatic heterocycles. The number of nitrogens with zero attached hydrogens (tertiary/aromatic N) is 3. The molecule has 0 radical (unpaired) electrons. The van der Waals surface area contributed by atoms with Crippen molar-refractivity contribution in [1.82, 2.24) is 20.2 Å². The first kappa shape index (κ1) is 21.8. The average molecular weight is 473 g/mol. The Bertz CT molecular complexity index is 644. The van der Waals surface area contributed by atoms with Crippen LogP contribution in [0.1, 0.15) is 19.7 Å². The Morgan fingerprint density at radius 2 is 2.08 bits per heavy atom. The van der Waals surface area contributed by atoms with E-state index in [0.717, 1.165) is 36.1 Å². The molecule has 0 saturated heterocycles. The summed E-state index contributed by atoms with van der Waals surface area (Å²) in [5.41, 5.74) is 2.19. The summed E-state index contributed by atoms with van der Waals surface area (Å²) in [6.07, 6.45) is 4.00. The second-order valence-electron chi connectivity index (χ2n) is 5.71. The largest absolute Gasteiger partial charge is 0.357 e. The Kier molecular flexibility index (Phi) is 9.96. The van der Waals surface area contributed by atoms with Gasteiger partial charge in [0.25, 0.3) is 0 Å². The minimum Gasteiger partial charge on any atom is -0.357 e. The van der Waals surface area contributed by atoms with Crippen molar-refractivity contribution in [3.63, 3.8) is 0 Å². The highest BCUT2D eigenvalue weighted by molar-refractivity contribution is 14.0. The maximum Gasteiger partial charge on any atom is 0.194 e. The number of imidazole rings is 1. The summed E-state index contributed by atoms with van der Waals surface area (Å²) in [5.74, 6) is 1.84. The molecule has 5 nitrogen and oxygen atoms in total. The molecule has 0 amide bonds. The van der Waals surface area contributed by atoms with Crippen LogP contribution >= 0.6 is 35.7 Å². The van der Waals surface area contributed by atoms with Gasteiger partial charge in [-0.15, -0.1) is 24.0 Å². The first-order valence-electron chi connectivity index (χ1n) is 8.25. The van der Waals surface area contributed by atoms with Crippen LogP contribution < -0.4 is 5.32 Å². The van der Waals surface area contributed by atoms with Crippen LogP contribution in [0.4, 0.5) is 0 Å². The zero-order valence-corrected chi connectivity index (χ0v) is 18.5. The highest BCUT2D eigenvalue weighted by Crippen LogP contribution is 2.16. The number of benzene rings is 1. The van der Waals surface area contributed by atoms with Gasteiger partial charge in [-0.25, -0.2) is 4.98 Å². The zero-order valence-electron chi connectivity index (χ0n) is 15.3. The Hall–Kier alpha value is -1.22. The summed E-state index contributed by atoms with van der Waals surface area (Å²) in [6, 6.07) is 10.2. The van der Waals surface area contributed by atoms with Crippen molar-refractivity contribution in [1.29, 1.82) is 0 Å². The lowest BCUT2D eigenvalue weighted by Gasteiger charge is -2.21. The number of rotatable bonds is 7. The Balaban J connectivity index is 0.00000312. The SMILES string of the molecule is CCNC(=NCC(C)SC)N(C)Cc1ncc(-c2ccccc2)[nH]1.I. The fraction of sp³-hybridized carbons (Fsp3) is 0.444. The quantitative estimate of drug-likeness (QED) is 0.365. The van der Waals surface area contributed by atoms with Crippen LogP contribution in [0.15, 0.2) is 41.5 Å². The average Bonchev–Trinajstić information content (AvgIpc) is 3.07. The second-order valence-corrected chi connectivity index (χ2v) is 6.98. The summed E-state index contributed by atoms with van der Waals surface area (Å²) < 4.78 is 0. The third-order valence-corrected chi connectivity index (χ3v) is 4.65. The number of aliphatic imine (C=N–C) groups is 1. The van der Waals surface area contributed by atoms with Gasteiger partial charge < -0.3 is 15.2 Å². The molecule has 0 aliphatic rings. The van der Waals surface area contributed by atoms with E-state index in [-0.39, 0.29) is 24.0 Å². The number of aromatic nitrogens is 2. The first-order chi connectivity index (χ1) is 11.6. The van der Waals surface area contributed by atoms with Crippen molar-refractivity contribution in [2.75, 3.05) is 26.4 Å². The molecular formula is C18H28IN5S. The lowest BCUT2D eigenvalue weighted by atomic mass is 10.2. The molecule has 1 atom stereocenters. The molecule has 2 aromatic rings. The zero-order chi connectivity index (χ0) is 17.4. The van der Waals surface area contributed by atoms with Crippen LogP contribution in [0.2, 0.25) is 0 Å². The minimum absolute atomic E-state index is 0. The molecule has 0 bridgehead atoms. The molecule has 25 heavy (non-hydrogen) atoms. The van der Waals surface area contributed by atoms with Gasteiger partial charge in [-0.1, -0.05) is 37.3 Å². The lowest BCUT2D eigenvalue weighted by Crippen LogP contribution is -2.39. The predicted molar refractivity (Wildman–Crippen MR) is 120 cm³/mol. The van der Waals surface area contributed by atoms with Crippen LogP contribution in [0.25, 0.3) is 11.3 Å². The Morgan fingerprint density at radius 1 is 1.36 bits per heavy atom. The van der Waals surface area contributed by atoms with Crippen LogP contribution in [0.5, 0.6) is 0 Å². The fourth-order valence-corrected chi connectivity index (χ4v) is 2.49. The van der Waals surface area contributed by atoms with Gasteiger partial charge in [0.2, 0.25) is 0 Å². The van der Waals surface area contributed by atoms with E-state index in [1.165, 1.54) is 0 Å². The molecule has 1 aromatic carbocycles. The number of hydrogen-bond acceptors (Lipinski definition) is 3. The summed E-state index contributed by atoms with van der Waals surface area (Å²) in [6.45, 7) is 6.62. The molecule has 7 heteroatoms. The number of nitrogens with one attached hydrogen (secondary N) is 2. The van der Waals surface area contributed by atoms with E-state index in [2.05, 4.69) is 52.4 Å². The number of halogens is 1. The van der Waals surface area contributed by atoms with Gasteiger partial charge in [0.05, 0.1) is 25.0 Å². The number of H-pyrrole nitrogens is 1. The summed E-state index contributed by atoms with van der Waals surface area (Å²) in [7, 11) is 2.04. The molecular weight excluding hydrogens is 445 g/mol. The van der Waals surface area contributed by atoms with E-state index in [0.29, 0.717) is 11.8 Å². The third-order valence-electron chi connectivity index (χ3n) is 3.70. The van der Waals surface area contributed by atoms with Gasteiger partial charge in [-0.3, -0.25) is 4.99 Å². The van der Waals surface area contributed by atoms with Crippen LogP contribution in [0, 0.1) is 0 Å². The van der Waals surface area contributed by atoms with Crippen molar-refractivity contribution >= 4 is 41.7 Å². The standard InChI is InChI=1S/C18H27N5S.HI/c1-5-19-18(21-11-14(2)24-4)23(3)13-17-20-12-16(22-17)15-9-7-6-8-10-15;/h6-10,12,14H,5,11,13H2,1-4H3,(H,19,21)(H,20,22);1H. The van der Waals surface area contributed by atoms with Gasteiger partial charge in [0, 0.05) is 18.8 Å². The van der Waals surface area contributed by atoms with Crippen molar-refractivity contribution in [3.05, 3.63) is 42.4 Å². The van der Waals surface area contributed by atoms with Crippen LogP contribution in [-0.2, 0) is 6.54 Å². The summed E-state index contributed by atoms with van der Waals surface area (Å²) in [5, 5.41) is 3.86. The number of thioether (sulfide) groups is 1. The van der Waals surface area contributed by atoms with Gasteiger partial charge in [0.1, 0.15) is 5.82 Å². The second kappa shape index (κ2) is 11.4. The minimum atomic E-state index is 0. The predicted octanol–water partition coefficient (Wildman–Crippen LogP) is 3.84. The molecule has 0 aliphatic carbocycles. The molecule has 0 spiro atoms. The Morgan fingerprint density at radius 3 is 2.72 bits per heavy atom. The van der Waals surface area contributed by atoms with E-state index in [1.54, 1.807) is 0 Å². The van der Waals surface area contributed by atoms with Crippen LogP contribution in [0.3, 0.4) is 0 Å². The van der Waals surface area contributed by atoms with Crippen molar-refractivity contribution in [2.24, 2.45) is 4.99 Å². The van der Waals surface area contributed by atoms with Gasteiger partial charge in [-0.2, -0.15) is 11.8 Å². The van der Waals surface area contributed by atoms with E-state index in [9.17, 15) is 0 Å². The molecule has 0 saturated carbocycles. The number of aromatic amines is 1. The van der Waals surface area contributed by atoms with Crippen molar-refractivity contribution in [3.8, 4) is 11.3 Å². The fourth-order valence-electron chi connectivity index (χ4n) is 2.27. The van der Waals surface area contributed by atoms with E-state index in [1.807, 2.05) is 43.2 Å². The maximum absolute atomic E-state index is 4.71. The van der Waals surface area contributed by atoms with Gasteiger partial charge >= 0.3 is 0 Å². The number of guanidine groups is 1. The van der Waals surface area contributed by atoms with E-state index >= 15 is 0 Å². The normalized spacial score (nSPS) is 12.4. The third kappa shape index (κ3) is 6.89. The molecule has 0 fully saturated rings. The van der Waals surface area contributed by atoms with E-state index in [4.69, 9.17) is 4.99 Å². The molecule has 1 unspecified atom stereocenters. The monoisotopic (exact) mass is 473 g/mol. The molecule has 2 N–H and O–H groups in total. The summed E-state index contributed by atoms with van der Waals surface area (Å²) in [4.78, 5) is 14.7. The van der Waals surface area contributed by atoms with Gasteiger partial charge in [-0.05, 0) is 18.7 Å². The highest BCUT2D eigenvalue weighted by Gasteiger charge is 2.10. The smallest absolute Gasteiger partial charge is 0.194 e. The summed E-state index contributed by atoms with van der Waals surface area (Å²) >= 11 is 1.83. The van der Waals surface area contributed by atoms with E-state index < -0.39 is 0 Å². The van der Waals surface area contributed by atoms with Crippen molar-refractivity contribution in [2.45, 2.75) is 25.6 Å². The number of hydrogen-bond donors (Lipinski definition) is 2. The molecule has 1 heterocycles. The molecule has 1 aromatic heterocycles. The first-order valence-corrected chi connectivity index (χ1v) is 9.54. The van der Waals surface area contributed by atoms with Crippen molar-refractivity contribution < 1.29 is 0 Å². The molecule has 2 rings (SSSR count). The maximum atomic E-state index is 4.71. The Labute approximate surface area is 172 Å². The highest BCUT2D eigenvalue weighted by atomic mass is 127. The lowest BCUT2D eigenvalue weighted by molar-refractivity contribution is 0.464. The van der Waals surface area contributed by atoms with Gasteiger partial charge in [0.15, 0.2) is 5.96 Å². The topological polar surface area (TPSA) is 56.3 Å².